The van der Waals surface area contributed by atoms with E-state index in [1.165, 1.54) is 25.3 Å². The third-order valence-electron chi connectivity index (χ3n) is 9.34. The number of Topliss-reactive ketones (excluding diaryl/α,β-unsaturated/α-hetero) is 1. The minimum atomic E-state index is -0.466. The molecule has 0 unspecified atom stereocenters. The Morgan fingerprint density at radius 1 is 1.11 bits per heavy atom. The molecule has 0 aromatic rings. The van der Waals surface area contributed by atoms with Gasteiger partial charge in [0.2, 0.25) is 0 Å². The summed E-state index contributed by atoms with van der Waals surface area (Å²) in [6.07, 6.45) is 10.1. The number of ether oxygens (including phenoxy) is 2. The van der Waals surface area contributed by atoms with Crippen molar-refractivity contribution in [3.05, 3.63) is 11.6 Å². The first-order valence-corrected chi connectivity index (χ1v) is 10.8. The molecule has 1 aliphatic heterocycles. The molecule has 0 aromatic carbocycles. The van der Waals surface area contributed by atoms with E-state index in [9.17, 15) is 9.59 Å². The largest absolute Gasteiger partial charge is 0.458 e. The second-order valence-corrected chi connectivity index (χ2v) is 10.3. The maximum Gasteiger partial charge on any atom is 0.303 e. The second-order valence-electron chi connectivity index (χ2n) is 10.3. The van der Waals surface area contributed by atoms with Gasteiger partial charge in [-0.05, 0) is 81.1 Å². The fourth-order valence-electron chi connectivity index (χ4n) is 8.07. The number of rotatable bonds is 2. The van der Waals surface area contributed by atoms with Gasteiger partial charge < -0.3 is 9.47 Å². The Bertz CT molecular complexity index is 741. The second kappa shape index (κ2) is 5.46. The lowest BCUT2D eigenvalue weighted by molar-refractivity contribution is -0.146. The zero-order valence-corrected chi connectivity index (χ0v) is 17.0. The maximum atomic E-state index is 12.5. The molecular formula is C23H32O4. The lowest BCUT2D eigenvalue weighted by atomic mass is 9.46. The first-order valence-electron chi connectivity index (χ1n) is 10.8. The molecule has 27 heavy (non-hydrogen) atoms. The SMILES string of the molecule is CC(=O)O[C@@H]1C=C2CC[C@@H]3[C@H](CC[C@@]4(C)[C@H]3C[C@H]3O[C@]34C(C)=O)[C@@]2(C)CC1. The van der Waals surface area contributed by atoms with Crippen molar-refractivity contribution < 1.29 is 19.1 Å². The van der Waals surface area contributed by atoms with E-state index in [2.05, 4.69) is 19.9 Å². The van der Waals surface area contributed by atoms with Crippen molar-refractivity contribution >= 4 is 11.8 Å². The fraction of sp³-hybridized carbons (Fsp3) is 0.826. The highest BCUT2D eigenvalue weighted by molar-refractivity contribution is 5.90. The molecule has 0 spiro atoms. The van der Waals surface area contributed by atoms with Gasteiger partial charge in [0.05, 0.1) is 6.10 Å². The average Bonchev–Trinajstić information content (AvgIpc) is 3.27. The highest BCUT2D eigenvalue weighted by Crippen LogP contribution is 2.73. The maximum absolute atomic E-state index is 12.5. The molecule has 3 saturated carbocycles. The highest BCUT2D eigenvalue weighted by atomic mass is 16.6. The predicted molar refractivity (Wildman–Crippen MR) is 101 cm³/mol. The molecule has 8 atom stereocenters. The molecule has 0 N–H and O–H groups in total. The monoisotopic (exact) mass is 372 g/mol. The molecule has 0 aromatic heterocycles. The molecular weight excluding hydrogens is 340 g/mol. The van der Waals surface area contributed by atoms with Gasteiger partial charge in [0, 0.05) is 12.3 Å². The van der Waals surface area contributed by atoms with Crippen LogP contribution in [-0.4, -0.2) is 29.6 Å². The Hall–Kier alpha value is -1.16. The van der Waals surface area contributed by atoms with Crippen molar-refractivity contribution in [3.63, 3.8) is 0 Å². The fourth-order valence-corrected chi connectivity index (χ4v) is 8.07. The van der Waals surface area contributed by atoms with Gasteiger partial charge in [0.15, 0.2) is 11.4 Å². The molecule has 0 radical (unpaired) electrons. The normalized spacial score (nSPS) is 52.6. The van der Waals surface area contributed by atoms with Gasteiger partial charge in [-0.3, -0.25) is 9.59 Å². The van der Waals surface area contributed by atoms with Crippen molar-refractivity contribution in [2.75, 3.05) is 0 Å². The predicted octanol–water partition coefficient (Wildman–Crippen LogP) is 4.22. The van der Waals surface area contributed by atoms with E-state index in [-0.39, 0.29) is 34.8 Å². The van der Waals surface area contributed by atoms with E-state index in [1.807, 2.05) is 0 Å². The summed E-state index contributed by atoms with van der Waals surface area (Å²) in [7, 11) is 0. The Labute approximate surface area is 162 Å². The highest BCUT2D eigenvalue weighted by Gasteiger charge is 2.79. The van der Waals surface area contributed by atoms with Gasteiger partial charge in [-0.25, -0.2) is 0 Å². The van der Waals surface area contributed by atoms with Gasteiger partial charge in [-0.1, -0.05) is 19.4 Å². The number of hydrogen-bond acceptors (Lipinski definition) is 4. The van der Waals surface area contributed by atoms with Crippen LogP contribution in [0, 0.1) is 28.6 Å². The Balaban J connectivity index is 1.43. The number of epoxide rings is 1. The molecule has 4 fully saturated rings. The average molecular weight is 373 g/mol. The van der Waals surface area contributed by atoms with Crippen LogP contribution in [0.1, 0.15) is 72.6 Å². The van der Waals surface area contributed by atoms with E-state index < -0.39 is 5.60 Å². The van der Waals surface area contributed by atoms with Crippen LogP contribution in [0.3, 0.4) is 0 Å². The summed E-state index contributed by atoms with van der Waals surface area (Å²) in [6.45, 7) is 8.03. The zero-order chi connectivity index (χ0) is 19.2. The number of fused-ring (bicyclic) bond motifs is 7. The number of ketones is 1. The van der Waals surface area contributed by atoms with Crippen LogP contribution in [0.2, 0.25) is 0 Å². The smallest absolute Gasteiger partial charge is 0.303 e. The van der Waals surface area contributed by atoms with E-state index in [0.717, 1.165) is 32.1 Å². The number of hydrogen-bond donors (Lipinski definition) is 0. The summed E-state index contributed by atoms with van der Waals surface area (Å²) < 4.78 is 11.5. The molecule has 0 bridgehead atoms. The van der Waals surface area contributed by atoms with Gasteiger partial charge in [-0.15, -0.1) is 0 Å². The van der Waals surface area contributed by atoms with Gasteiger partial charge in [0.1, 0.15) is 6.10 Å². The van der Waals surface area contributed by atoms with Crippen molar-refractivity contribution in [3.8, 4) is 0 Å². The third-order valence-corrected chi connectivity index (χ3v) is 9.34. The van der Waals surface area contributed by atoms with Crippen molar-refractivity contribution in [2.45, 2.75) is 90.4 Å². The topological polar surface area (TPSA) is 55.9 Å². The van der Waals surface area contributed by atoms with E-state index >= 15 is 0 Å². The molecule has 5 aliphatic rings. The Kier molecular flexibility index (Phi) is 3.62. The van der Waals surface area contributed by atoms with Crippen LogP contribution in [-0.2, 0) is 19.1 Å². The summed E-state index contributed by atoms with van der Waals surface area (Å²) in [5, 5.41) is 0. The van der Waals surface area contributed by atoms with Crippen LogP contribution in [0.4, 0.5) is 0 Å². The molecule has 148 valence electrons. The van der Waals surface area contributed by atoms with Gasteiger partial charge >= 0.3 is 5.97 Å². The molecule has 0 amide bonds. The van der Waals surface area contributed by atoms with E-state index in [1.54, 1.807) is 6.92 Å². The minimum Gasteiger partial charge on any atom is -0.458 e. The number of carbonyl (C=O) groups excluding carboxylic acids is 2. The lowest BCUT2D eigenvalue weighted by Crippen LogP contribution is -2.54. The van der Waals surface area contributed by atoms with Gasteiger partial charge in [-0.2, -0.15) is 0 Å². The molecule has 4 aliphatic carbocycles. The Morgan fingerprint density at radius 3 is 2.59 bits per heavy atom. The molecule has 4 heteroatoms. The van der Waals surface area contributed by atoms with Crippen LogP contribution >= 0.6 is 0 Å². The van der Waals surface area contributed by atoms with Crippen molar-refractivity contribution in [1.29, 1.82) is 0 Å². The molecule has 4 nitrogen and oxygen atoms in total. The summed E-state index contributed by atoms with van der Waals surface area (Å²) >= 11 is 0. The number of carbonyl (C=O) groups is 2. The summed E-state index contributed by atoms with van der Waals surface area (Å²) in [4.78, 5) is 23.8. The van der Waals surface area contributed by atoms with Crippen LogP contribution < -0.4 is 0 Å². The lowest BCUT2D eigenvalue weighted by Gasteiger charge is -2.58. The third kappa shape index (κ3) is 2.14. The Morgan fingerprint density at radius 2 is 1.89 bits per heavy atom. The zero-order valence-electron chi connectivity index (χ0n) is 17.0. The standard InChI is InChI=1S/C23H32O4/c1-13(24)23-20(27-23)12-19-17-6-5-15-11-16(26-14(2)25)7-9-21(15,3)18(17)8-10-22(19,23)4/h11,16-20H,5-10,12H2,1-4H3/t16-,17+,18-,19-,20+,21-,22-,23+/m0/s1. The molecule has 5 rings (SSSR count). The van der Waals surface area contributed by atoms with E-state index in [4.69, 9.17) is 9.47 Å². The van der Waals surface area contributed by atoms with E-state index in [0.29, 0.717) is 17.8 Å². The summed E-state index contributed by atoms with van der Waals surface area (Å²) in [5.74, 6) is 2.07. The molecule has 1 saturated heterocycles. The van der Waals surface area contributed by atoms with Crippen LogP contribution in [0.15, 0.2) is 11.6 Å². The summed E-state index contributed by atoms with van der Waals surface area (Å²) in [6, 6.07) is 0. The quantitative estimate of drug-likeness (QED) is 0.414. The van der Waals surface area contributed by atoms with Crippen molar-refractivity contribution in [1.82, 2.24) is 0 Å². The first-order chi connectivity index (χ1) is 12.7. The summed E-state index contributed by atoms with van der Waals surface area (Å²) in [5.41, 5.74) is 1.31. The number of allylic oxidation sites excluding steroid dienone is 1. The van der Waals surface area contributed by atoms with Crippen LogP contribution in [0.5, 0.6) is 0 Å². The number of esters is 1. The minimum absolute atomic E-state index is 0.0250. The molecule has 1 heterocycles. The first kappa shape index (κ1) is 17.9. The van der Waals surface area contributed by atoms with Gasteiger partial charge in [0.25, 0.3) is 0 Å². The van der Waals surface area contributed by atoms with Crippen LogP contribution in [0.25, 0.3) is 0 Å². The van der Waals surface area contributed by atoms with Crippen molar-refractivity contribution in [2.24, 2.45) is 28.6 Å².